The van der Waals surface area contributed by atoms with Gasteiger partial charge in [0.25, 0.3) is 0 Å². The fraction of sp³-hybridized carbons (Fsp3) is 0.500. The third-order valence-electron chi connectivity index (χ3n) is 2.83. The van der Waals surface area contributed by atoms with E-state index in [4.69, 9.17) is 0 Å². The van der Waals surface area contributed by atoms with Crippen molar-refractivity contribution in [1.82, 2.24) is 25.1 Å². The second kappa shape index (κ2) is 6.20. The normalized spacial score (nSPS) is 10.9. The first kappa shape index (κ1) is 11.9. The highest BCUT2D eigenvalue weighted by Crippen LogP contribution is 2.01. The van der Waals surface area contributed by atoms with Crippen LogP contribution < -0.4 is 5.32 Å². The van der Waals surface area contributed by atoms with Gasteiger partial charge < -0.3 is 9.88 Å². The number of H-pyrrole nitrogens is 1. The van der Waals surface area contributed by atoms with Crippen molar-refractivity contribution in [3.05, 3.63) is 36.2 Å². The van der Waals surface area contributed by atoms with E-state index in [0.29, 0.717) is 0 Å². The maximum Gasteiger partial charge on any atom is 0.0945 e. The molecule has 0 radical (unpaired) electrons. The van der Waals surface area contributed by atoms with Gasteiger partial charge in [0, 0.05) is 36.7 Å². The highest BCUT2D eigenvalue weighted by Gasteiger charge is 1.98. The first-order valence-corrected chi connectivity index (χ1v) is 6.01. The zero-order chi connectivity index (χ0) is 11.9. The third kappa shape index (κ3) is 3.71. The standard InChI is InChI=1S/C12H19N5/c1-11-12(9-15-16-11)8-13-4-2-3-6-17-7-5-14-10-17/h5,7,9-10,13H,2-4,6,8H2,1H3,(H,15,16). The third-order valence-corrected chi connectivity index (χ3v) is 2.83. The van der Waals surface area contributed by atoms with Gasteiger partial charge in [-0.3, -0.25) is 5.10 Å². The Kier molecular flexibility index (Phi) is 4.32. The Hall–Kier alpha value is -1.62. The molecule has 5 nitrogen and oxygen atoms in total. The minimum absolute atomic E-state index is 0.896. The van der Waals surface area contributed by atoms with E-state index in [1.165, 1.54) is 18.4 Å². The van der Waals surface area contributed by atoms with Crippen LogP contribution in [0.25, 0.3) is 0 Å². The van der Waals surface area contributed by atoms with Crippen LogP contribution in [0.3, 0.4) is 0 Å². The molecule has 0 aliphatic heterocycles. The van der Waals surface area contributed by atoms with Crippen LogP contribution in [0.1, 0.15) is 24.1 Å². The average molecular weight is 233 g/mol. The molecule has 0 spiro atoms. The summed E-state index contributed by atoms with van der Waals surface area (Å²) in [6.45, 7) is 5.03. The van der Waals surface area contributed by atoms with Gasteiger partial charge in [-0.25, -0.2) is 4.98 Å². The van der Waals surface area contributed by atoms with Gasteiger partial charge in [0.2, 0.25) is 0 Å². The molecule has 2 heterocycles. The molecule has 2 N–H and O–H groups in total. The van der Waals surface area contributed by atoms with E-state index >= 15 is 0 Å². The largest absolute Gasteiger partial charge is 0.337 e. The van der Waals surface area contributed by atoms with Gasteiger partial charge in [-0.05, 0) is 26.3 Å². The van der Waals surface area contributed by atoms with Crippen molar-refractivity contribution in [3.8, 4) is 0 Å². The van der Waals surface area contributed by atoms with Crippen LogP contribution in [0, 0.1) is 6.92 Å². The molecule has 0 fully saturated rings. The molecule has 2 aromatic rings. The van der Waals surface area contributed by atoms with Crippen molar-refractivity contribution in [2.24, 2.45) is 0 Å². The summed E-state index contributed by atoms with van der Waals surface area (Å²) in [7, 11) is 0. The van der Waals surface area contributed by atoms with Gasteiger partial charge in [0.05, 0.1) is 12.5 Å². The molecule has 0 atom stereocenters. The number of hydrogen-bond acceptors (Lipinski definition) is 3. The van der Waals surface area contributed by atoms with Crippen molar-refractivity contribution in [2.45, 2.75) is 32.9 Å². The zero-order valence-corrected chi connectivity index (χ0v) is 10.2. The number of unbranched alkanes of at least 4 members (excludes halogenated alkanes) is 1. The van der Waals surface area contributed by atoms with E-state index in [2.05, 4.69) is 25.1 Å². The second-order valence-electron chi connectivity index (χ2n) is 4.20. The van der Waals surface area contributed by atoms with E-state index < -0.39 is 0 Å². The monoisotopic (exact) mass is 233 g/mol. The quantitative estimate of drug-likeness (QED) is 0.712. The van der Waals surface area contributed by atoms with Crippen molar-refractivity contribution >= 4 is 0 Å². The summed E-state index contributed by atoms with van der Waals surface area (Å²) in [5, 5.41) is 10.4. The number of nitrogens with zero attached hydrogens (tertiary/aromatic N) is 3. The topological polar surface area (TPSA) is 58.5 Å². The number of hydrogen-bond donors (Lipinski definition) is 2. The second-order valence-corrected chi connectivity index (χ2v) is 4.20. The highest BCUT2D eigenvalue weighted by molar-refractivity contribution is 5.13. The van der Waals surface area contributed by atoms with E-state index in [0.717, 1.165) is 25.3 Å². The lowest BCUT2D eigenvalue weighted by Crippen LogP contribution is -2.15. The molecule has 92 valence electrons. The fourth-order valence-corrected chi connectivity index (χ4v) is 1.74. The Morgan fingerprint density at radius 3 is 3.06 bits per heavy atom. The molecular formula is C12H19N5. The summed E-state index contributed by atoms with van der Waals surface area (Å²) in [5.41, 5.74) is 2.40. The lowest BCUT2D eigenvalue weighted by Gasteiger charge is -2.04. The lowest BCUT2D eigenvalue weighted by molar-refractivity contribution is 0.568. The van der Waals surface area contributed by atoms with Crippen molar-refractivity contribution < 1.29 is 0 Å². The van der Waals surface area contributed by atoms with Gasteiger partial charge in [-0.1, -0.05) is 0 Å². The van der Waals surface area contributed by atoms with Crippen LogP contribution in [-0.4, -0.2) is 26.3 Å². The van der Waals surface area contributed by atoms with E-state index in [1.54, 1.807) is 0 Å². The maximum absolute atomic E-state index is 4.02. The SMILES string of the molecule is Cc1[nH]ncc1CNCCCCn1ccnc1. The van der Waals surface area contributed by atoms with Crippen molar-refractivity contribution in [2.75, 3.05) is 6.54 Å². The highest BCUT2D eigenvalue weighted by atomic mass is 15.1. The molecule has 2 aromatic heterocycles. The molecule has 5 heteroatoms. The van der Waals surface area contributed by atoms with Gasteiger partial charge >= 0.3 is 0 Å². The Bertz CT molecular complexity index is 418. The molecule has 0 saturated heterocycles. The minimum atomic E-state index is 0.896. The summed E-state index contributed by atoms with van der Waals surface area (Å²) in [4.78, 5) is 4.02. The van der Waals surface area contributed by atoms with Gasteiger partial charge in [-0.15, -0.1) is 0 Å². The first-order valence-electron chi connectivity index (χ1n) is 6.01. The van der Waals surface area contributed by atoms with Gasteiger partial charge in [0.1, 0.15) is 0 Å². The average Bonchev–Trinajstić information content (AvgIpc) is 2.95. The number of aromatic amines is 1. The molecule has 0 unspecified atom stereocenters. The molecule has 0 bridgehead atoms. The molecule has 17 heavy (non-hydrogen) atoms. The number of imidazole rings is 1. The smallest absolute Gasteiger partial charge is 0.0945 e. The molecule has 0 aliphatic rings. The summed E-state index contributed by atoms with van der Waals surface area (Å²) in [5.74, 6) is 0. The van der Waals surface area contributed by atoms with Crippen LogP contribution in [0.15, 0.2) is 24.9 Å². The summed E-state index contributed by atoms with van der Waals surface area (Å²) in [6, 6.07) is 0. The molecule has 0 saturated carbocycles. The zero-order valence-electron chi connectivity index (χ0n) is 10.2. The Labute approximate surface area is 101 Å². The Morgan fingerprint density at radius 2 is 2.35 bits per heavy atom. The Balaban J connectivity index is 1.54. The summed E-state index contributed by atoms with van der Waals surface area (Å²) < 4.78 is 2.11. The van der Waals surface area contributed by atoms with Gasteiger partial charge in [0.15, 0.2) is 0 Å². The molecule has 0 aromatic carbocycles. The van der Waals surface area contributed by atoms with Crippen LogP contribution in [0.4, 0.5) is 0 Å². The summed E-state index contributed by atoms with van der Waals surface area (Å²) in [6.07, 6.45) is 9.92. The van der Waals surface area contributed by atoms with Crippen LogP contribution >= 0.6 is 0 Å². The number of aryl methyl sites for hydroxylation is 2. The maximum atomic E-state index is 4.02. The van der Waals surface area contributed by atoms with Crippen molar-refractivity contribution in [1.29, 1.82) is 0 Å². The lowest BCUT2D eigenvalue weighted by atomic mass is 10.2. The van der Waals surface area contributed by atoms with E-state index in [9.17, 15) is 0 Å². The molecule has 0 amide bonds. The predicted octanol–water partition coefficient (Wildman–Crippen LogP) is 1.48. The minimum Gasteiger partial charge on any atom is -0.337 e. The van der Waals surface area contributed by atoms with E-state index in [-0.39, 0.29) is 0 Å². The fourth-order valence-electron chi connectivity index (χ4n) is 1.74. The van der Waals surface area contributed by atoms with Crippen LogP contribution in [0.2, 0.25) is 0 Å². The predicted molar refractivity (Wildman–Crippen MR) is 66.5 cm³/mol. The molecule has 0 aliphatic carbocycles. The number of rotatable bonds is 7. The van der Waals surface area contributed by atoms with Crippen LogP contribution in [0.5, 0.6) is 0 Å². The van der Waals surface area contributed by atoms with Crippen molar-refractivity contribution in [3.63, 3.8) is 0 Å². The summed E-state index contributed by atoms with van der Waals surface area (Å²) >= 11 is 0. The van der Waals surface area contributed by atoms with E-state index in [1.807, 2.05) is 31.8 Å². The van der Waals surface area contributed by atoms with Gasteiger partial charge in [-0.2, -0.15) is 5.10 Å². The Morgan fingerprint density at radius 1 is 1.41 bits per heavy atom. The number of aromatic nitrogens is 4. The molecular weight excluding hydrogens is 214 g/mol. The van der Waals surface area contributed by atoms with Crippen LogP contribution in [-0.2, 0) is 13.1 Å². The molecule has 2 rings (SSSR count). The number of nitrogens with one attached hydrogen (secondary N) is 2. The first-order chi connectivity index (χ1) is 8.36.